The molecule has 0 aliphatic carbocycles. The largest absolute Gasteiger partial charge is 0.478 e. The van der Waals surface area contributed by atoms with Gasteiger partial charge in [-0.15, -0.1) is 0 Å². The van der Waals surface area contributed by atoms with Crippen LogP contribution < -0.4 is 0 Å². The molecule has 17 heavy (non-hydrogen) atoms. The van der Waals surface area contributed by atoms with Crippen molar-refractivity contribution in [3.05, 3.63) is 47.0 Å². The zero-order chi connectivity index (χ0) is 12.8. The molecular weight excluding hydrogens is 216 g/mol. The third-order valence-electron chi connectivity index (χ3n) is 2.61. The Morgan fingerprint density at radius 2 is 1.88 bits per heavy atom. The number of carbonyl (C=O) groups excluding carboxylic acids is 1. The fourth-order valence-corrected chi connectivity index (χ4v) is 1.62. The van der Waals surface area contributed by atoms with Gasteiger partial charge in [-0.05, 0) is 36.1 Å². The zero-order valence-electron chi connectivity index (χ0n) is 10.1. The Bertz CT molecular complexity index is 459. The van der Waals surface area contributed by atoms with E-state index in [4.69, 9.17) is 5.11 Å². The molecule has 0 atom stereocenters. The van der Waals surface area contributed by atoms with Crippen molar-refractivity contribution >= 4 is 11.8 Å². The molecule has 0 aliphatic heterocycles. The lowest BCUT2D eigenvalue weighted by Crippen LogP contribution is -2.02. The summed E-state index contributed by atoms with van der Waals surface area (Å²) < 4.78 is 0. The number of aryl methyl sites for hydroxylation is 2. The van der Waals surface area contributed by atoms with E-state index in [0.717, 1.165) is 36.1 Å². The van der Waals surface area contributed by atoms with E-state index in [2.05, 4.69) is 0 Å². The van der Waals surface area contributed by atoms with Crippen LogP contribution in [0, 0.1) is 0 Å². The quantitative estimate of drug-likeness (QED) is 0.627. The maximum Gasteiger partial charge on any atom is 0.328 e. The highest BCUT2D eigenvalue weighted by Gasteiger charge is 2.08. The molecule has 1 aromatic carbocycles. The van der Waals surface area contributed by atoms with Gasteiger partial charge < -0.3 is 5.11 Å². The predicted octanol–water partition coefficient (Wildman–Crippen LogP) is 2.63. The Kier molecular flexibility index (Phi) is 4.64. The van der Waals surface area contributed by atoms with Crippen molar-refractivity contribution in [1.29, 1.82) is 0 Å². The monoisotopic (exact) mass is 232 g/mol. The lowest BCUT2D eigenvalue weighted by Gasteiger charge is -2.06. The molecular formula is C14H16O3. The van der Waals surface area contributed by atoms with Gasteiger partial charge in [-0.1, -0.05) is 26.0 Å². The van der Waals surface area contributed by atoms with Crippen LogP contribution in [0.15, 0.2) is 30.4 Å². The first-order valence-electron chi connectivity index (χ1n) is 5.65. The summed E-state index contributed by atoms with van der Waals surface area (Å²) in [5, 5.41) is 8.50. The molecule has 1 N–H and O–H groups in total. The van der Waals surface area contributed by atoms with Crippen LogP contribution in [0.1, 0.15) is 35.3 Å². The molecule has 1 aromatic rings. The van der Waals surface area contributed by atoms with E-state index in [1.165, 1.54) is 0 Å². The van der Waals surface area contributed by atoms with Crippen LogP contribution in [0.25, 0.3) is 0 Å². The Hall–Kier alpha value is -1.90. The molecule has 0 fully saturated rings. The molecule has 0 unspecified atom stereocenters. The second-order valence-electron chi connectivity index (χ2n) is 3.73. The van der Waals surface area contributed by atoms with E-state index in [0.29, 0.717) is 5.56 Å². The van der Waals surface area contributed by atoms with Crippen LogP contribution in [0.2, 0.25) is 0 Å². The molecule has 3 heteroatoms. The minimum atomic E-state index is -1.11. The lowest BCUT2D eigenvalue weighted by atomic mass is 9.97. The summed E-state index contributed by atoms with van der Waals surface area (Å²) in [5.74, 6) is -1.36. The highest BCUT2D eigenvalue weighted by Crippen LogP contribution is 2.14. The normalized spacial score (nSPS) is 10.7. The molecule has 0 aliphatic rings. The minimum absolute atomic E-state index is 0.250. The molecule has 0 amide bonds. The summed E-state index contributed by atoms with van der Waals surface area (Å²) >= 11 is 0. The van der Waals surface area contributed by atoms with Crippen LogP contribution in [0.4, 0.5) is 0 Å². The van der Waals surface area contributed by atoms with Gasteiger partial charge in [-0.2, -0.15) is 0 Å². The van der Waals surface area contributed by atoms with E-state index in [9.17, 15) is 9.59 Å². The molecule has 0 bridgehead atoms. The molecule has 0 saturated heterocycles. The maximum absolute atomic E-state index is 11.8. The Morgan fingerprint density at radius 1 is 1.18 bits per heavy atom. The molecule has 1 rings (SSSR count). The Morgan fingerprint density at radius 3 is 2.41 bits per heavy atom. The van der Waals surface area contributed by atoms with E-state index in [-0.39, 0.29) is 5.78 Å². The number of carbonyl (C=O) groups is 2. The van der Waals surface area contributed by atoms with E-state index in [1.807, 2.05) is 32.0 Å². The smallest absolute Gasteiger partial charge is 0.328 e. The van der Waals surface area contributed by atoms with Gasteiger partial charge in [0.05, 0.1) is 0 Å². The summed E-state index contributed by atoms with van der Waals surface area (Å²) in [6.07, 6.45) is 3.59. The van der Waals surface area contributed by atoms with E-state index >= 15 is 0 Å². The third-order valence-corrected chi connectivity index (χ3v) is 2.61. The summed E-state index contributed by atoms with van der Waals surface area (Å²) in [5.41, 5.74) is 2.63. The number of hydrogen-bond donors (Lipinski definition) is 1. The number of benzene rings is 1. The Balaban J connectivity index is 3.09. The van der Waals surface area contributed by atoms with Crippen molar-refractivity contribution in [2.75, 3.05) is 0 Å². The average molecular weight is 232 g/mol. The third kappa shape index (κ3) is 3.55. The van der Waals surface area contributed by atoms with Crippen molar-refractivity contribution in [1.82, 2.24) is 0 Å². The van der Waals surface area contributed by atoms with Gasteiger partial charge in [0.15, 0.2) is 5.78 Å². The molecule has 0 aromatic heterocycles. The molecule has 0 saturated carbocycles. The number of rotatable bonds is 5. The van der Waals surface area contributed by atoms with Crippen molar-refractivity contribution in [3.8, 4) is 0 Å². The number of carboxylic acid groups (broad SMARTS) is 1. The first-order valence-corrected chi connectivity index (χ1v) is 5.65. The molecule has 0 spiro atoms. The fourth-order valence-electron chi connectivity index (χ4n) is 1.62. The molecule has 3 nitrogen and oxygen atoms in total. The van der Waals surface area contributed by atoms with Gasteiger partial charge in [0.2, 0.25) is 0 Å². The van der Waals surface area contributed by atoms with Gasteiger partial charge in [-0.3, -0.25) is 4.79 Å². The zero-order valence-corrected chi connectivity index (χ0v) is 10.1. The van der Waals surface area contributed by atoms with Crippen molar-refractivity contribution in [3.63, 3.8) is 0 Å². The van der Waals surface area contributed by atoms with Crippen molar-refractivity contribution < 1.29 is 14.7 Å². The van der Waals surface area contributed by atoms with Crippen LogP contribution in [0.5, 0.6) is 0 Å². The van der Waals surface area contributed by atoms with Gasteiger partial charge in [0.1, 0.15) is 0 Å². The number of ketones is 1. The number of carboxylic acids is 1. The predicted molar refractivity (Wildman–Crippen MR) is 66.3 cm³/mol. The summed E-state index contributed by atoms with van der Waals surface area (Å²) in [6, 6.07) is 5.77. The van der Waals surface area contributed by atoms with Crippen molar-refractivity contribution in [2.45, 2.75) is 26.7 Å². The summed E-state index contributed by atoms with van der Waals surface area (Å²) in [4.78, 5) is 22.2. The highest BCUT2D eigenvalue weighted by atomic mass is 16.4. The van der Waals surface area contributed by atoms with Gasteiger partial charge in [-0.25, -0.2) is 4.79 Å². The highest BCUT2D eigenvalue weighted by molar-refractivity contribution is 6.07. The van der Waals surface area contributed by atoms with Crippen LogP contribution >= 0.6 is 0 Å². The van der Waals surface area contributed by atoms with Gasteiger partial charge in [0.25, 0.3) is 0 Å². The second kappa shape index (κ2) is 5.99. The first-order chi connectivity index (χ1) is 8.08. The SMILES string of the molecule is CCc1ccc(CC)c(C(=O)C=CC(=O)O)c1. The second-order valence-corrected chi connectivity index (χ2v) is 3.73. The van der Waals surface area contributed by atoms with Crippen LogP contribution in [-0.2, 0) is 17.6 Å². The molecule has 0 heterocycles. The first kappa shape index (κ1) is 13.2. The average Bonchev–Trinajstić information content (AvgIpc) is 2.34. The number of hydrogen-bond acceptors (Lipinski definition) is 2. The number of aliphatic carboxylic acids is 1. The van der Waals surface area contributed by atoms with Crippen LogP contribution in [0.3, 0.4) is 0 Å². The summed E-state index contributed by atoms with van der Waals surface area (Å²) in [7, 11) is 0. The van der Waals surface area contributed by atoms with E-state index in [1.54, 1.807) is 0 Å². The summed E-state index contributed by atoms with van der Waals surface area (Å²) in [6.45, 7) is 3.99. The maximum atomic E-state index is 11.8. The minimum Gasteiger partial charge on any atom is -0.478 e. The van der Waals surface area contributed by atoms with E-state index < -0.39 is 5.97 Å². The lowest BCUT2D eigenvalue weighted by molar-refractivity contribution is -0.131. The number of allylic oxidation sites excluding steroid dienone is 1. The standard InChI is InChI=1S/C14H16O3/c1-3-10-5-6-11(4-2)12(9-10)13(15)7-8-14(16)17/h5-9H,3-4H2,1-2H3,(H,16,17). The fraction of sp³-hybridized carbons (Fsp3) is 0.286. The van der Waals surface area contributed by atoms with Crippen LogP contribution in [-0.4, -0.2) is 16.9 Å². The Labute approximate surface area is 101 Å². The van der Waals surface area contributed by atoms with Gasteiger partial charge in [0, 0.05) is 11.6 Å². The molecule has 0 radical (unpaired) electrons. The topological polar surface area (TPSA) is 54.4 Å². The van der Waals surface area contributed by atoms with Crippen molar-refractivity contribution in [2.24, 2.45) is 0 Å². The molecule has 90 valence electrons. The van der Waals surface area contributed by atoms with Gasteiger partial charge >= 0.3 is 5.97 Å².